The fraction of sp³-hybridized carbons (Fsp3) is 0.200. The summed E-state index contributed by atoms with van der Waals surface area (Å²) in [5.41, 5.74) is 7.53. The third-order valence-corrected chi connectivity index (χ3v) is 3.58. The highest BCUT2D eigenvalue weighted by Crippen LogP contribution is 2.26. The van der Waals surface area contributed by atoms with E-state index in [1.54, 1.807) is 13.0 Å². The van der Waals surface area contributed by atoms with E-state index in [0.29, 0.717) is 17.9 Å². The van der Waals surface area contributed by atoms with Gasteiger partial charge in [-0.25, -0.2) is 4.39 Å². The van der Waals surface area contributed by atoms with E-state index in [2.05, 4.69) is 15.9 Å². The van der Waals surface area contributed by atoms with Crippen LogP contribution < -0.4 is 10.5 Å². The van der Waals surface area contributed by atoms with E-state index in [1.165, 1.54) is 12.1 Å². The van der Waals surface area contributed by atoms with Gasteiger partial charge in [0.2, 0.25) is 0 Å². The molecule has 1 atom stereocenters. The van der Waals surface area contributed by atoms with Gasteiger partial charge in [0.15, 0.2) is 0 Å². The molecule has 0 unspecified atom stereocenters. The second-order valence-corrected chi connectivity index (χ2v) is 5.21. The second kappa shape index (κ2) is 6.17. The van der Waals surface area contributed by atoms with Gasteiger partial charge in [0, 0.05) is 21.6 Å². The molecule has 0 radical (unpaired) electrons. The van der Waals surface area contributed by atoms with E-state index < -0.39 is 0 Å². The van der Waals surface area contributed by atoms with Crippen molar-refractivity contribution in [2.45, 2.75) is 19.6 Å². The third kappa shape index (κ3) is 3.55. The zero-order valence-electron chi connectivity index (χ0n) is 10.6. The van der Waals surface area contributed by atoms with Crippen molar-refractivity contribution < 1.29 is 9.13 Å². The maximum absolute atomic E-state index is 13.2. The molecule has 4 heteroatoms. The van der Waals surface area contributed by atoms with E-state index in [1.807, 2.05) is 24.3 Å². The zero-order valence-corrected chi connectivity index (χ0v) is 12.2. The van der Waals surface area contributed by atoms with Gasteiger partial charge in [0.1, 0.15) is 18.2 Å². The van der Waals surface area contributed by atoms with Crippen molar-refractivity contribution in [2.75, 3.05) is 0 Å². The Kier molecular flexibility index (Phi) is 4.56. The fourth-order valence-corrected chi connectivity index (χ4v) is 2.18. The molecule has 0 aromatic heterocycles. The molecule has 0 aliphatic rings. The molecule has 0 bridgehead atoms. The lowest BCUT2D eigenvalue weighted by Gasteiger charge is -2.14. The molecule has 100 valence electrons. The molecular formula is C15H15BrFNO. The monoisotopic (exact) mass is 323 g/mol. The SMILES string of the molecule is C[C@H](N)c1cc(F)ccc1OCc1ccccc1Br. The van der Waals surface area contributed by atoms with Crippen molar-refractivity contribution in [3.63, 3.8) is 0 Å². The molecular weight excluding hydrogens is 309 g/mol. The van der Waals surface area contributed by atoms with Crippen LogP contribution in [0.4, 0.5) is 4.39 Å². The van der Waals surface area contributed by atoms with E-state index in [4.69, 9.17) is 10.5 Å². The number of nitrogens with two attached hydrogens (primary N) is 1. The van der Waals surface area contributed by atoms with E-state index in [0.717, 1.165) is 10.0 Å². The first-order chi connectivity index (χ1) is 9.08. The fourth-order valence-electron chi connectivity index (χ4n) is 1.78. The standard InChI is InChI=1S/C15H15BrFNO/c1-10(18)13-8-12(17)6-7-15(13)19-9-11-4-2-3-5-14(11)16/h2-8,10H,9,18H2,1H3/t10-/m0/s1. The first-order valence-electron chi connectivity index (χ1n) is 5.99. The minimum Gasteiger partial charge on any atom is -0.489 e. The van der Waals surface area contributed by atoms with Crippen LogP contribution in [-0.2, 0) is 6.61 Å². The van der Waals surface area contributed by atoms with Gasteiger partial charge in [-0.2, -0.15) is 0 Å². The van der Waals surface area contributed by atoms with Crippen LogP contribution in [0, 0.1) is 5.82 Å². The first kappa shape index (κ1) is 14.0. The lowest BCUT2D eigenvalue weighted by Crippen LogP contribution is -2.08. The molecule has 0 saturated heterocycles. The number of hydrogen-bond acceptors (Lipinski definition) is 2. The molecule has 2 nitrogen and oxygen atoms in total. The Morgan fingerprint density at radius 3 is 2.68 bits per heavy atom. The largest absolute Gasteiger partial charge is 0.489 e. The molecule has 19 heavy (non-hydrogen) atoms. The summed E-state index contributed by atoms with van der Waals surface area (Å²) in [6.07, 6.45) is 0. The molecule has 0 spiro atoms. The highest BCUT2D eigenvalue weighted by Gasteiger charge is 2.10. The predicted octanol–water partition coefficient (Wildman–Crippen LogP) is 4.19. The normalized spacial score (nSPS) is 12.2. The molecule has 2 aromatic carbocycles. The molecule has 0 amide bonds. The molecule has 0 heterocycles. The van der Waals surface area contributed by atoms with Crippen LogP contribution in [0.5, 0.6) is 5.75 Å². The topological polar surface area (TPSA) is 35.2 Å². The van der Waals surface area contributed by atoms with Gasteiger partial charge >= 0.3 is 0 Å². The van der Waals surface area contributed by atoms with Crippen LogP contribution in [0.15, 0.2) is 46.9 Å². The Labute approximate surface area is 120 Å². The average Bonchev–Trinajstić information content (AvgIpc) is 2.38. The number of hydrogen-bond donors (Lipinski definition) is 1. The van der Waals surface area contributed by atoms with Crippen molar-refractivity contribution in [1.29, 1.82) is 0 Å². The maximum atomic E-state index is 13.2. The predicted molar refractivity (Wildman–Crippen MR) is 77.5 cm³/mol. The Morgan fingerprint density at radius 1 is 1.26 bits per heavy atom. The van der Waals surface area contributed by atoms with Crippen molar-refractivity contribution >= 4 is 15.9 Å². The molecule has 0 fully saturated rings. The van der Waals surface area contributed by atoms with Gasteiger partial charge in [0.05, 0.1) is 0 Å². The van der Waals surface area contributed by atoms with Crippen LogP contribution in [0.1, 0.15) is 24.1 Å². The number of halogens is 2. The Balaban J connectivity index is 2.18. The molecule has 0 saturated carbocycles. The second-order valence-electron chi connectivity index (χ2n) is 4.35. The lowest BCUT2D eigenvalue weighted by atomic mass is 10.1. The molecule has 0 aliphatic heterocycles. The van der Waals surface area contributed by atoms with Crippen molar-refractivity contribution in [1.82, 2.24) is 0 Å². The average molecular weight is 324 g/mol. The van der Waals surface area contributed by atoms with Crippen molar-refractivity contribution in [2.24, 2.45) is 5.73 Å². The third-order valence-electron chi connectivity index (χ3n) is 2.80. The summed E-state index contributed by atoms with van der Waals surface area (Å²) in [7, 11) is 0. The first-order valence-corrected chi connectivity index (χ1v) is 6.78. The quantitative estimate of drug-likeness (QED) is 0.915. The summed E-state index contributed by atoms with van der Waals surface area (Å²) >= 11 is 3.46. The Hall–Kier alpha value is -1.39. The van der Waals surface area contributed by atoms with E-state index >= 15 is 0 Å². The number of rotatable bonds is 4. The Bertz CT molecular complexity index is 572. The summed E-state index contributed by atoms with van der Waals surface area (Å²) in [5.74, 6) is 0.313. The summed E-state index contributed by atoms with van der Waals surface area (Å²) < 4.78 is 19.9. The van der Waals surface area contributed by atoms with Gasteiger partial charge in [-0.05, 0) is 31.2 Å². The highest BCUT2D eigenvalue weighted by molar-refractivity contribution is 9.10. The van der Waals surface area contributed by atoms with Gasteiger partial charge in [0.25, 0.3) is 0 Å². The molecule has 2 aromatic rings. The van der Waals surface area contributed by atoms with Gasteiger partial charge < -0.3 is 10.5 Å². The smallest absolute Gasteiger partial charge is 0.124 e. The zero-order chi connectivity index (χ0) is 13.8. The van der Waals surface area contributed by atoms with Gasteiger partial charge in [-0.3, -0.25) is 0 Å². The van der Waals surface area contributed by atoms with Crippen LogP contribution in [0.25, 0.3) is 0 Å². The van der Waals surface area contributed by atoms with Gasteiger partial charge in [-0.1, -0.05) is 34.1 Å². The lowest BCUT2D eigenvalue weighted by molar-refractivity contribution is 0.300. The van der Waals surface area contributed by atoms with E-state index in [9.17, 15) is 4.39 Å². The summed E-state index contributed by atoms with van der Waals surface area (Å²) in [5, 5.41) is 0. The Morgan fingerprint density at radius 2 is 2.00 bits per heavy atom. The van der Waals surface area contributed by atoms with Gasteiger partial charge in [-0.15, -0.1) is 0 Å². The van der Waals surface area contributed by atoms with E-state index in [-0.39, 0.29) is 11.9 Å². The van der Waals surface area contributed by atoms with Crippen molar-refractivity contribution in [3.8, 4) is 5.75 Å². The summed E-state index contributed by atoms with van der Waals surface area (Å²) in [4.78, 5) is 0. The van der Waals surface area contributed by atoms with Crippen LogP contribution in [-0.4, -0.2) is 0 Å². The maximum Gasteiger partial charge on any atom is 0.124 e. The summed E-state index contributed by atoms with van der Waals surface area (Å²) in [6, 6.07) is 11.9. The number of benzene rings is 2. The number of ether oxygens (including phenoxy) is 1. The molecule has 2 N–H and O–H groups in total. The molecule has 2 rings (SSSR count). The van der Waals surface area contributed by atoms with Crippen LogP contribution in [0.2, 0.25) is 0 Å². The highest BCUT2D eigenvalue weighted by atomic mass is 79.9. The van der Waals surface area contributed by atoms with Crippen LogP contribution >= 0.6 is 15.9 Å². The minimum atomic E-state index is -0.305. The van der Waals surface area contributed by atoms with Crippen LogP contribution in [0.3, 0.4) is 0 Å². The minimum absolute atomic E-state index is 0.273. The summed E-state index contributed by atoms with van der Waals surface area (Å²) in [6.45, 7) is 2.22. The van der Waals surface area contributed by atoms with Crippen molar-refractivity contribution in [3.05, 3.63) is 63.9 Å². The molecule has 0 aliphatic carbocycles.